The molecule has 1 aromatic heterocycles. The first-order chi connectivity index (χ1) is 16.3. The molecule has 12 heteroatoms. The molecule has 0 spiro atoms. The quantitative estimate of drug-likeness (QED) is 0.385. The van der Waals surface area contributed by atoms with Gasteiger partial charge < -0.3 is 19.3 Å². The largest absolute Gasteiger partial charge is 0.494 e. The van der Waals surface area contributed by atoms with Crippen molar-refractivity contribution in [2.24, 2.45) is 0 Å². The number of carbonyl (C=O) groups is 1. The Balaban J connectivity index is 1.57. The number of anilines is 1. The molecule has 3 aromatic rings. The molecule has 1 fully saturated rings. The SMILES string of the molecule is COc1cccc(OC)c1-n1nnc(C)c1C(=O)N1CCN(c2ccc([N+](=O)[O-])cc2Cl)CC1. The number of carbonyl (C=O) groups excluding carboxylic acids is 1. The lowest BCUT2D eigenvalue weighted by Crippen LogP contribution is -2.49. The van der Waals surface area contributed by atoms with Gasteiger partial charge in [-0.25, -0.2) is 0 Å². The van der Waals surface area contributed by atoms with E-state index >= 15 is 0 Å². The van der Waals surface area contributed by atoms with E-state index in [-0.39, 0.29) is 11.6 Å². The van der Waals surface area contributed by atoms with Gasteiger partial charge in [-0.3, -0.25) is 14.9 Å². The minimum absolute atomic E-state index is 0.0643. The summed E-state index contributed by atoms with van der Waals surface area (Å²) in [5, 5.41) is 19.6. The lowest BCUT2D eigenvalue weighted by atomic mass is 10.2. The summed E-state index contributed by atoms with van der Waals surface area (Å²) in [7, 11) is 3.07. The molecule has 34 heavy (non-hydrogen) atoms. The minimum Gasteiger partial charge on any atom is -0.494 e. The normalized spacial score (nSPS) is 13.6. The molecule has 1 amide bonds. The number of nitro benzene ring substituents is 1. The first kappa shape index (κ1) is 23.3. The van der Waals surface area contributed by atoms with E-state index in [0.717, 1.165) is 0 Å². The Labute approximate surface area is 200 Å². The summed E-state index contributed by atoms with van der Waals surface area (Å²) in [4.78, 5) is 27.7. The number of halogens is 1. The second-order valence-corrected chi connectivity index (χ2v) is 8.03. The molecular weight excluding hydrogens is 464 g/mol. The van der Waals surface area contributed by atoms with Crippen LogP contribution in [0.1, 0.15) is 16.2 Å². The Morgan fingerprint density at radius 1 is 1.09 bits per heavy atom. The van der Waals surface area contributed by atoms with Crippen LogP contribution >= 0.6 is 11.6 Å². The van der Waals surface area contributed by atoms with Crippen molar-refractivity contribution in [3.63, 3.8) is 0 Å². The van der Waals surface area contributed by atoms with Gasteiger partial charge in [0.05, 0.1) is 35.5 Å². The van der Waals surface area contributed by atoms with E-state index in [1.54, 1.807) is 36.1 Å². The zero-order valence-corrected chi connectivity index (χ0v) is 19.7. The van der Waals surface area contributed by atoms with E-state index in [1.807, 2.05) is 4.90 Å². The molecule has 0 aliphatic carbocycles. The van der Waals surface area contributed by atoms with E-state index in [4.69, 9.17) is 21.1 Å². The second-order valence-electron chi connectivity index (χ2n) is 7.62. The van der Waals surface area contributed by atoms with Gasteiger partial charge in [0.15, 0.2) is 11.4 Å². The molecule has 1 aliphatic heterocycles. The molecule has 2 heterocycles. The summed E-state index contributed by atoms with van der Waals surface area (Å²) in [6.45, 7) is 3.62. The summed E-state index contributed by atoms with van der Waals surface area (Å²) in [6.07, 6.45) is 0. The fourth-order valence-electron chi connectivity index (χ4n) is 3.97. The molecule has 4 rings (SSSR count). The van der Waals surface area contributed by atoms with Crippen molar-refractivity contribution in [3.05, 3.63) is 62.9 Å². The molecule has 0 unspecified atom stereocenters. The maximum atomic E-state index is 13.5. The summed E-state index contributed by atoms with van der Waals surface area (Å²) >= 11 is 6.28. The smallest absolute Gasteiger partial charge is 0.274 e. The van der Waals surface area contributed by atoms with E-state index in [9.17, 15) is 14.9 Å². The number of para-hydroxylation sites is 1. The lowest BCUT2D eigenvalue weighted by molar-refractivity contribution is -0.384. The van der Waals surface area contributed by atoms with Gasteiger partial charge in [-0.1, -0.05) is 22.9 Å². The molecule has 0 atom stereocenters. The third-order valence-corrected chi connectivity index (χ3v) is 6.01. The summed E-state index contributed by atoms with van der Waals surface area (Å²) in [5.41, 5.74) is 1.93. The van der Waals surface area contributed by atoms with Gasteiger partial charge in [0.2, 0.25) is 0 Å². The third-order valence-electron chi connectivity index (χ3n) is 5.70. The van der Waals surface area contributed by atoms with Crippen LogP contribution in [-0.4, -0.2) is 71.1 Å². The van der Waals surface area contributed by atoms with Crippen molar-refractivity contribution >= 4 is 28.9 Å². The van der Waals surface area contributed by atoms with Crippen LogP contribution in [0, 0.1) is 17.0 Å². The number of nitro groups is 1. The Hall–Kier alpha value is -3.86. The average molecular weight is 487 g/mol. The van der Waals surface area contributed by atoms with Gasteiger partial charge in [0, 0.05) is 38.3 Å². The first-order valence-electron chi connectivity index (χ1n) is 10.5. The number of aromatic nitrogens is 3. The first-order valence-corrected chi connectivity index (χ1v) is 10.8. The molecule has 2 aromatic carbocycles. The van der Waals surface area contributed by atoms with Crippen molar-refractivity contribution in [1.29, 1.82) is 0 Å². The second kappa shape index (κ2) is 9.56. The van der Waals surface area contributed by atoms with Crippen molar-refractivity contribution in [3.8, 4) is 17.2 Å². The molecule has 0 bridgehead atoms. The maximum Gasteiger partial charge on any atom is 0.274 e. The monoisotopic (exact) mass is 486 g/mol. The number of hydrogen-bond acceptors (Lipinski definition) is 8. The van der Waals surface area contributed by atoms with Crippen LogP contribution < -0.4 is 14.4 Å². The zero-order chi connectivity index (χ0) is 24.4. The lowest BCUT2D eigenvalue weighted by Gasteiger charge is -2.36. The standard InChI is InChI=1S/C22H23ClN6O5/c1-14-20(28(25-24-14)21-18(33-2)5-4-6-19(21)34-3)22(30)27-11-9-26(10-12-27)17-8-7-15(29(31)32)13-16(17)23/h4-8,13H,9-12H2,1-3H3. The number of ether oxygens (including phenoxy) is 2. The predicted octanol–water partition coefficient (Wildman–Crippen LogP) is 3.12. The van der Waals surface area contributed by atoms with E-state index in [1.165, 1.54) is 31.0 Å². The Morgan fingerprint density at radius 3 is 2.29 bits per heavy atom. The van der Waals surface area contributed by atoms with Gasteiger partial charge in [-0.2, -0.15) is 4.68 Å². The highest BCUT2D eigenvalue weighted by atomic mass is 35.5. The number of aryl methyl sites for hydroxylation is 1. The highest BCUT2D eigenvalue weighted by Gasteiger charge is 2.30. The Kier molecular flexibility index (Phi) is 6.55. The number of piperazine rings is 1. The molecule has 0 N–H and O–H groups in total. The molecule has 1 aliphatic rings. The average Bonchev–Trinajstić information content (AvgIpc) is 3.23. The van der Waals surface area contributed by atoms with Gasteiger partial charge in [-0.15, -0.1) is 5.10 Å². The number of hydrogen-bond donors (Lipinski definition) is 0. The molecule has 11 nitrogen and oxygen atoms in total. The Morgan fingerprint density at radius 2 is 1.74 bits per heavy atom. The number of methoxy groups -OCH3 is 2. The fourth-order valence-corrected chi connectivity index (χ4v) is 4.26. The van der Waals surface area contributed by atoms with Crippen LogP contribution in [-0.2, 0) is 0 Å². The van der Waals surface area contributed by atoms with Crippen molar-refractivity contribution in [2.45, 2.75) is 6.92 Å². The van der Waals surface area contributed by atoms with E-state index < -0.39 is 4.92 Å². The third kappa shape index (κ3) is 4.21. The van der Waals surface area contributed by atoms with Crippen LogP contribution in [0.4, 0.5) is 11.4 Å². The van der Waals surface area contributed by atoms with E-state index in [0.29, 0.717) is 65.5 Å². The molecule has 1 saturated heterocycles. The Bertz CT molecular complexity index is 1220. The van der Waals surface area contributed by atoms with Gasteiger partial charge >= 0.3 is 0 Å². The number of amides is 1. The fraction of sp³-hybridized carbons (Fsp3) is 0.318. The van der Waals surface area contributed by atoms with Crippen molar-refractivity contribution in [1.82, 2.24) is 19.9 Å². The molecule has 178 valence electrons. The van der Waals surface area contributed by atoms with Gasteiger partial charge in [0.1, 0.15) is 11.5 Å². The molecular formula is C22H23ClN6O5. The highest BCUT2D eigenvalue weighted by Crippen LogP contribution is 2.34. The molecule has 0 saturated carbocycles. The van der Waals surface area contributed by atoms with Crippen LogP contribution in [0.5, 0.6) is 11.5 Å². The maximum absolute atomic E-state index is 13.5. The number of rotatable bonds is 6. The molecule has 0 radical (unpaired) electrons. The van der Waals surface area contributed by atoms with Gasteiger partial charge in [-0.05, 0) is 25.1 Å². The van der Waals surface area contributed by atoms with Gasteiger partial charge in [0.25, 0.3) is 11.6 Å². The van der Waals surface area contributed by atoms with E-state index in [2.05, 4.69) is 10.3 Å². The summed E-state index contributed by atoms with van der Waals surface area (Å²) in [5.74, 6) is 0.775. The number of non-ortho nitro benzene ring substituents is 1. The van der Waals surface area contributed by atoms with Crippen LogP contribution in [0.25, 0.3) is 5.69 Å². The van der Waals surface area contributed by atoms with Crippen LogP contribution in [0.2, 0.25) is 5.02 Å². The van der Waals surface area contributed by atoms with Crippen LogP contribution in [0.3, 0.4) is 0 Å². The van der Waals surface area contributed by atoms with Crippen molar-refractivity contribution < 1.29 is 19.2 Å². The predicted molar refractivity (Wildman–Crippen MR) is 125 cm³/mol. The topological polar surface area (TPSA) is 116 Å². The highest BCUT2D eigenvalue weighted by molar-refractivity contribution is 6.33. The summed E-state index contributed by atoms with van der Waals surface area (Å²) in [6, 6.07) is 9.70. The summed E-state index contributed by atoms with van der Waals surface area (Å²) < 4.78 is 12.4. The minimum atomic E-state index is -0.484. The van der Waals surface area contributed by atoms with Crippen molar-refractivity contribution in [2.75, 3.05) is 45.3 Å². The zero-order valence-electron chi connectivity index (χ0n) is 18.9. The number of nitrogens with zero attached hydrogens (tertiary/aromatic N) is 6. The van der Waals surface area contributed by atoms with Crippen LogP contribution in [0.15, 0.2) is 36.4 Å². The number of benzene rings is 2.